The van der Waals surface area contributed by atoms with Gasteiger partial charge in [0, 0.05) is 31.2 Å². The first kappa shape index (κ1) is 17.5. The van der Waals surface area contributed by atoms with Crippen LogP contribution in [0.2, 0.25) is 0 Å². The molecule has 1 saturated heterocycles. The van der Waals surface area contributed by atoms with Gasteiger partial charge in [-0.2, -0.15) is 0 Å². The second kappa shape index (κ2) is 7.59. The van der Waals surface area contributed by atoms with Crippen molar-refractivity contribution in [3.63, 3.8) is 0 Å². The first-order chi connectivity index (χ1) is 10.9. The van der Waals surface area contributed by atoms with Crippen LogP contribution in [-0.2, 0) is 4.79 Å². The van der Waals surface area contributed by atoms with E-state index in [0.29, 0.717) is 18.7 Å². The quantitative estimate of drug-likeness (QED) is 0.886. The van der Waals surface area contributed by atoms with Crippen LogP contribution in [0.3, 0.4) is 0 Å². The van der Waals surface area contributed by atoms with Gasteiger partial charge in [0.1, 0.15) is 6.04 Å². The van der Waals surface area contributed by atoms with Crippen molar-refractivity contribution < 1.29 is 9.59 Å². The Labute approximate surface area is 138 Å². The molecule has 1 heterocycles. The monoisotopic (exact) mass is 317 g/mol. The van der Waals surface area contributed by atoms with Gasteiger partial charge < -0.3 is 15.5 Å². The van der Waals surface area contributed by atoms with E-state index in [-0.39, 0.29) is 23.8 Å². The average Bonchev–Trinajstić information content (AvgIpc) is 2.51. The van der Waals surface area contributed by atoms with Crippen LogP contribution in [0.15, 0.2) is 24.3 Å². The van der Waals surface area contributed by atoms with Gasteiger partial charge in [0.25, 0.3) is 5.91 Å². The summed E-state index contributed by atoms with van der Waals surface area (Å²) in [6.45, 7) is 10.1. The van der Waals surface area contributed by atoms with Crippen molar-refractivity contribution in [3.8, 4) is 0 Å². The van der Waals surface area contributed by atoms with Crippen LogP contribution >= 0.6 is 0 Å². The summed E-state index contributed by atoms with van der Waals surface area (Å²) in [4.78, 5) is 27.1. The molecule has 5 heteroatoms. The lowest BCUT2D eigenvalue weighted by Crippen LogP contribution is -2.57. The lowest BCUT2D eigenvalue weighted by atomic mass is 10.0. The van der Waals surface area contributed by atoms with E-state index in [1.807, 2.05) is 43.9 Å². The molecule has 0 spiro atoms. The third-order valence-corrected chi connectivity index (χ3v) is 4.18. The number of nitrogens with one attached hydrogen (secondary N) is 2. The molecule has 1 aromatic rings. The summed E-state index contributed by atoms with van der Waals surface area (Å²) in [6, 6.07) is 7.21. The lowest BCUT2D eigenvalue weighted by molar-refractivity contribution is -0.135. The Morgan fingerprint density at radius 2 is 2.09 bits per heavy atom. The summed E-state index contributed by atoms with van der Waals surface area (Å²) in [5.74, 6) is -0.139. The Balaban J connectivity index is 2.09. The molecule has 2 atom stereocenters. The van der Waals surface area contributed by atoms with Gasteiger partial charge in [-0.3, -0.25) is 9.59 Å². The average molecular weight is 317 g/mol. The van der Waals surface area contributed by atoms with Gasteiger partial charge in [-0.1, -0.05) is 31.5 Å². The van der Waals surface area contributed by atoms with Crippen molar-refractivity contribution in [2.24, 2.45) is 5.92 Å². The molecule has 1 aliphatic rings. The fraction of sp³-hybridized carbons (Fsp3) is 0.556. The summed E-state index contributed by atoms with van der Waals surface area (Å²) < 4.78 is 0. The third kappa shape index (κ3) is 4.55. The zero-order chi connectivity index (χ0) is 17.0. The Kier molecular flexibility index (Phi) is 5.77. The molecule has 0 aliphatic carbocycles. The molecule has 126 valence electrons. The van der Waals surface area contributed by atoms with Crippen LogP contribution in [0.5, 0.6) is 0 Å². The maximum atomic E-state index is 12.8. The molecule has 1 fully saturated rings. The zero-order valence-corrected chi connectivity index (χ0v) is 14.4. The molecule has 1 aliphatic heterocycles. The molecule has 0 saturated carbocycles. The number of carbonyl (C=O) groups excluding carboxylic acids is 2. The highest BCUT2D eigenvalue weighted by Gasteiger charge is 2.30. The van der Waals surface area contributed by atoms with Crippen molar-refractivity contribution in [2.45, 2.75) is 39.8 Å². The van der Waals surface area contributed by atoms with Gasteiger partial charge in [-0.15, -0.1) is 0 Å². The number of amides is 2. The Morgan fingerprint density at radius 1 is 1.35 bits per heavy atom. The lowest BCUT2D eigenvalue weighted by Gasteiger charge is -2.35. The highest BCUT2D eigenvalue weighted by molar-refractivity contribution is 5.97. The van der Waals surface area contributed by atoms with Crippen molar-refractivity contribution in [1.29, 1.82) is 0 Å². The number of piperazine rings is 1. The smallest absolute Gasteiger partial charge is 0.251 e. The summed E-state index contributed by atoms with van der Waals surface area (Å²) >= 11 is 0. The van der Waals surface area contributed by atoms with Gasteiger partial charge in [-0.25, -0.2) is 0 Å². The minimum absolute atomic E-state index is 0.00866. The number of carbonyl (C=O) groups is 2. The molecule has 23 heavy (non-hydrogen) atoms. The zero-order valence-electron chi connectivity index (χ0n) is 14.4. The van der Waals surface area contributed by atoms with E-state index in [0.717, 1.165) is 12.1 Å². The number of benzene rings is 1. The fourth-order valence-corrected chi connectivity index (χ4v) is 2.85. The van der Waals surface area contributed by atoms with Crippen LogP contribution in [0.1, 0.15) is 36.7 Å². The molecular formula is C18H27N3O2. The third-order valence-electron chi connectivity index (χ3n) is 4.18. The van der Waals surface area contributed by atoms with Crippen molar-refractivity contribution in [2.75, 3.05) is 19.6 Å². The molecule has 2 rings (SSSR count). The SMILES string of the molecule is Cc1cccc(C(=O)NC(C(=O)N2CCNC(C)C2)C(C)C)c1. The van der Waals surface area contributed by atoms with Crippen molar-refractivity contribution >= 4 is 11.8 Å². The number of rotatable bonds is 4. The van der Waals surface area contributed by atoms with Crippen LogP contribution in [0, 0.1) is 12.8 Å². The van der Waals surface area contributed by atoms with E-state index in [2.05, 4.69) is 17.6 Å². The maximum Gasteiger partial charge on any atom is 0.251 e. The predicted octanol–water partition coefficient (Wildman–Crippen LogP) is 1.57. The van der Waals surface area contributed by atoms with Crippen LogP contribution in [0.4, 0.5) is 0 Å². The van der Waals surface area contributed by atoms with E-state index >= 15 is 0 Å². The molecule has 1 aromatic carbocycles. The molecule has 0 radical (unpaired) electrons. The normalized spacial score (nSPS) is 19.5. The maximum absolute atomic E-state index is 12.8. The summed E-state index contributed by atoms with van der Waals surface area (Å²) in [5.41, 5.74) is 1.62. The fourth-order valence-electron chi connectivity index (χ4n) is 2.85. The number of aryl methyl sites for hydroxylation is 1. The van der Waals surface area contributed by atoms with Crippen LogP contribution < -0.4 is 10.6 Å². The minimum atomic E-state index is -0.492. The van der Waals surface area contributed by atoms with Gasteiger partial charge in [0.2, 0.25) is 5.91 Å². The van der Waals surface area contributed by atoms with Gasteiger partial charge in [-0.05, 0) is 31.9 Å². The molecular weight excluding hydrogens is 290 g/mol. The van der Waals surface area contributed by atoms with Crippen LogP contribution in [0.25, 0.3) is 0 Å². The van der Waals surface area contributed by atoms with Gasteiger partial charge in [0.15, 0.2) is 0 Å². The predicted molar refractivity (Wildman–Crippen MR) is 91.3 cm³/mol. The first-order valence-electron chi connectivity index (χ1n) is 8.28. The van der Waals surface area contributed by atoms with E-state index < -0.39 is 6.04 Å². The van der Waals surface area contributed by atoms with E-state index in [9.17, 15) is 9.59 Å². The van der Waals surface area contributed by atoms with Crippen LogP contribution in [-0.4, -0.2) is 48.4 Å². The molecule has 2 unspecified atom stereocenters. The van der Waals surface area contributed by atoms with Gasteiger partial charge in [0.05, 0.1) is 0 Å². The molecule has 0 bridgehead atoms. The summed E-state index contributed by atoms with van der Waals surface area (Å²) in [7, 11) is 0. The standard InChI is InChI=1S/C18H27N3O2/c1-12(2)16(18(23)21-9-8-19-14(4)11-21)20-17(22)15-7-5-6-13(3)10-15/h5-7,10,12,14,16,19H,8-9,11H2,1-4H3,(H,20,22). The Bertz CT molecular complexity index is 571. The summed E-state index contributed by atoms with van der Waals surface area (Å²) in [5, 5.41) is 6.25. The van der Waals surface area contributed by atoms with Crippen molar-refractivity contribution in [1.82, 2.24) is 15.5 Å². The number of hydrogen-bond donors (Lipinski definition) is 2. The van der Waals surface area contributed by atoms with E-state index in [1.54, 1.807) is 6.07 Å². The van der Waals surface area contributed by atoms with Crippen molar-refractivity contribution in [3.05, 3.63) is 35.4 Å². The first-order valence-corrected chi connectivity index (χ1v) is 8.28. The highest BCUT2D eigenvalue weighted by Crippen LogP contribution is 2.11. The molecule has 2 amide bonds. The largest absolute Gasteiger partial charge is 0.340 e. The molecule has 2 N–H and O–H groups in total. The Hall–Kier alpha value is -1.88. The molecule has 0 aromatic heterocycles. The number of hydrogen-bond acceptors (Lipinski definition) is 3. The Morgan fingerprint density at radius 3 is 2.70 bits per heavy atom. The van der Waals surface area contributed by atoms with E-state index in [4.69, 9.17) is 0 Å². The second-order valence-electron chi connectivity index (χ2n) is 6.70. The topological polar surface area (TPSA) is 61.4 Å². The highest BCUT2D eigenvalue weighted by atomic mass is 16.2. The minimum Gasteiger partial charge on any atom is -0.340 e. The molecule has 5 nitrogen and oxygen atoms in total. The van der Waals surface area contributed by atoms with E-state index in [1.165, 1.54) is 0 Å². The summed E-state index contributed by atoms with van der Waals surface area (Å²) in [6.07, 6.45) is 0. The second-order valence-corrected chi connectivity index (χ2v) is 6.70. The van der Waals surface area contributed by atoms with Gasteiger partial charge >= 0.3 is 0 Å². The number of nitrogens with zero attached hydrogens (tertiary/aromatic N) is 1.